The van der Waals surface area contributed by atoms with Crippen LogP contribution in [0, 0.1) is 11.3 Å². The van der Waals surface area contributed by atoms with E-state index in [1.165, 1.54) is 10.5 Å². The highest BCUT2D eigenvalue weighted by molar-refractivity contribution is 7.99. The molecule has 0 fully saturated rings. The maximum atomic E-state index is 9.41. The predicted octanol–water partition coefficient (Wildman–Crippen LogP) is 0.813. The van der Waals surface area contributed by atoms with E-state index in [2.05, 4.69) is 49.3 Å². The molecule has 0 heterocycles. The van der Waals surface area contributed by atoms with Crippen LogP contribution in [0.1, 0.15) is 11.1 Å². The lowest BCUT2D eigenvalue weighted by Crippen LogP contribution is -2.23. The zero-order chi connectivity index (χ0) is 20.2. The Morgan fingerprint density at radius 3 is 2.26 bits per heavy atom. The maximum absolute atomic E-state index is 9.41. The number of carboxylic acid groups (broad SMARTS) is 2. The molecular formula is C20H18N2O4S-2. The summed E-state index contributed by atoms with van der Waals surface area (Å²) in [6.07, 6.45) is 0.769. The smallest absolute Gasteiger partial charge is 0.0992 e. The van der Waals surface area contributed by atoms with E-state index in [-0.39, 0.29) is 0 Å². The molecule has 0 aliphatic heterocycles. The number of hydrogen-bond acceptors (Lipinski definition) is 7. The first-order chi connectivity index (χ1) is 12.8. The van der Waals surface area contributed by atoms with Gasteiger partial charge in [-0.2, -0.15) is 5.26 Å². The van der Waals surface area contributed by atoms with Gasteiger partial charge in [0.1, 0.15) is 0 Å². The van der Waals surface area contributed by atoms with Gasteiger partial charge in [-0.25, -0.2) is 0 Å². The fraction of sp³-hybridized carbons (Fsp3) is 0.150. The van der Waals surface area contributed by atoms with Gasteiger partial charge >= 0.3 is 0 Å². The lowest BCUT2D eigenvalue weighted by atomic mass is 10.2. The summed E-state index contributed by atoms with van der Waals surface area (Å²) >= 11 is 1.71. The largest absolute Gasteiger partial charge is 0.545 e. The van der Waals surface area contributed by atoms with Crippen molar-refractivity contribution in [2.75, 3.05) is 14.1 Å². The minimum atomic E-state index is -1.55. The molecule has 0 amide bonds. The Labute approximate surface area is 162 Å². The molecule has 0 radical (unpaired) electrons. The van der Waals surface area contributed by atoms with Crippen molar-refractivity contribution in [2.45, 2.75) is 16.3 Å². The van der Waals surface area contributed by atoms with Gasteiger partial charge < -0.3 is 24.7 Å². The van der Waals surface area contributed by atoms with Gasteiger partial charge in [-0.3, -0.25) is 0 Å². The number of carbonyl (C=O) groups excluding carboxylic acids is 2. The van der Waals surface area contributed by atoms with Crippen LogP contribution in [0.15, 0.2) is 70.5 Å². The van der Waals surface area contributed by atoms with Gasteiger partial charge in [0.25, 0.3) is 0 Å². The Morgan fingerprint density at radius 1 is 1.07 bits per heavy atom. The van der Waals surface area contributed by atoms with Gasteiger partial charge in [-0.15, -0.1) is 0 Å². The maximum Gasteiger partial charge on any atom is 0.0992 e. The molecule has 0 aliphatic rings. The minimum absolute atomic E-state index is 0.384. The highest BCUT2D eigenvalue weighted by atomic mass is 32.2. The average molecular weight is 382 g/mol. The van der Waals surface area contributed by atoms with Crippen molar-refractivity contribution >= 4 is 23.7 Å². The van der Waals surface area contributed by atoms with Crippen molar-refractivity contribution in [2.24, 2.45) is 0 Å². The van der Waals surface area contributed by atoms with Gasteiger partial charge in [-0.1, -0.05) is 36.0 Å². The van der Waals surface area contributed by atoms with Crippen molar-refractivity contribution < 1.29 is 19.8 Å². The van der Waals surface area contributed by atoms with Gasteiger partial charge in [0.15, 0.2) is 0 Å². The summed E-state index contributed by atoms with van der Waals surface area (Å²) in [4.78, 5) is 23.3. The molecule has 0 saturated heterocycles. The van der Waals surface area contributed by atoms with E-state index in [1.54, 1.807) is 11.8 Å². The Bertz CT molecular complexity index is 841. The van der Waals surface area contributed by atoms with Crippen LogP contribution in [0.3, 0.4) is 0 Å². The molecule has 27 heavy (non-hydrogen) atoms. The first-order valence-corrected chi connectivity index (χ1v) is 8.64. The van der Waals surface area contributed by atoms with Crippen LogP contribution in [0.2, 0.25) is 0 Å². The molecule has 0 aromatic heterocycles. The summed E-state index contributed by atoms with van der Waals surface area (Å²) in [5.41, 5.74) is 2.01. The van der Waals surface area contributed by atoms with Crippen LogP contribution in [0.4, 0.5) is 0 Å². The molecule has 0 saturated carbocycles. The van der Waals surface area contributed by atoms with E-state index in [9.17, 15) is 19.8 Å². The normalized spacial score (nSPS) is 10.1. The van der Waals surface area contributed by atoms with Crippen LogP contribution in [0.5, 0.6) is 0 Å². The third kappa shape index (κ3) is 9.26. The molecule has 0 bridgehead atoms. The lowest BCUT2D eigenvalue weighted by molar-refractivity contribution is -0.301. The summed E-state index contributed by atoms with van der Waals surface area (Å²) < 4.78 is 0. The SMILES string of the molecule is CN(C)Cc1ccccc1Sc1cccc(C#N)c1.O=C([O-])/C=C\C(=O)[O-]. The van der Waals surface area contributed by atoms with Gasteiger partial charge in [-0.05, 0) is 56.1 Å². The van der Waals surface area contributed by atoms with Crippen LogP contribution in [-0.2, 0) is 16.1 Å². The standard InChI is InChI=1S/C16H16N2S.C4H4O4/c1-18(2)12-14-7-3-4-9-16(14)19-15-8-5-6-13(10-15)11-17;5-3(6)1-2-4(7)8/h3-10H,12H2,1-2H3;1-2H,(H,5,6)(H,7,8)/p-2/b;2-1-. The summed E-state index contributed by atoms with van der Waals surface area (Å²) in [6.45, 7) is 0.918. The first-order valence-electron chi connectivity index (χ1n) is 7.82. The van der Waals surface area contributed by atoms with Crippen molar-refractivity contribution in [3.05, 3.63) is 71.8 Å². The fourth-order valence-corrected chi connectivity index (χ4v) is 2.96. The molecule has 6 nitrogen and oxygen atoms in total. The molecular weight excluding hydrogens is 364 g/mol. The molecule has 140 valence electrons. The summed E-state index contributed by atoms with van der Waals surface area (Å²) in [7, 11) is 4.13. The van der Waals surface area contributed by atoms with E-state index < -0.39 is 11.9 Å². The Morgan fingerprint density at radius 2 is 1.70 bits per heavy atom. The van der Waals surface area contributed by atoms with Crippen LogP contribution >= 0.6 is 11.8 Å². The van der Waals surface area contributed by atoms with Crippen LogP contribution < -0.4 is 10.2 Å². The number of nitrogens with zero attached hydrogens (tertiary/aromatic N) is 2. The number of hydrogen-bond donors (Lipinski definition) is 0. The van der Waals surface area contributed by atoms with Crippen LogP contribution in [0.25, 0.3) is 0 Å². The summed E-state index contributed by atoms with van der Waals surface area (Å²) in [6, 6.07) is 18.3. The van der Waals surface area contributed by atoms with Crippen molar-refractivity contribution in [1.29, 1.82) is 5.26 Å². The molecule has 2 aromatic rings. The first kappa shape index (κ1) is 22.0. The van der Waals surface area contributed by atoms with Crippen LogP contribution in [-0.4, -0.2) is 30.9 Å². The van der Waals surface area contributed by atoms with E-state index in [1.807, 2.05) is 24.3 Å². The summed E-state index contributed by atoms with van der Waals surface area (Å²) in [5.74, 6) is -3.09. The van der Waals surface area contributed by atoms with E-state index in [0.717, 1.165) is 11.4 Å². The average Bonchev–Trinajstić information content (AvgIpc) is 2.62. The third-order valence-corrected chi connectivity index (χ3v) is 4.11. The zero-order valence-electron chi connectivity index (χ0n) is 14.9. The molecule has 7 heteroatoms. The van der Waals surface area contributed by atoms with Gasteiger partial charge in [0, 0.05) is 16.3 Å². The lowest BCUT2D eigenvalue weighted by Gasteiger charge is -2.13. The van der Waals surface area contributed by atoms with Crippen molar-refractivity contribution in [1.82, 2.24) is 4.90 Å². The predicted molar refractivity (Wildman–Crippen MR) is 98.3 cm³/mol. The number of carboxylic acids is 2. The van der Waals surface area contributed by atoms with Crippen molar-refractivity contribution in [3.63, 3.8) is 0 Å². The highest BCUT2D eigenvalue weighted by Crippen LogP contribution is 2.31. The number of carbonyl (C=O) groups is 2. The number of nitriles is 1. The Balaban J connectivity index is 0.000000387. The third-order valence-electron chi connectivity index (χ3n) is 3.01. The number of rotatable bonds is 6. The van der Waals surface area contributed by atoms with Gasteiger partial charge in [0.2, 0.25) is 0 Å². The molecule has 0 atom stereocenters. The van der Waals surface area contributed by atoms with E-state index in [4.69, 9.17) is 5.26 Å². The second-order valence-corrected chi connectivity index (χ2v) is 6.67. The Kier molecular flexibility index (Phi) is 9.37. The zero-order valence-corrected chi connectivity index (χ0v) is 15.7. The molecule has 0 N–H and O–H groups in total. The molecule has 0 unspecified atom stereocenters. The quantitative estimate of drug-likeness (QED) is 0.681. The molecule has 0 aliphatic carbocycles. The second kappa shape index (κ2) is 11.5. The highest BCUT2D eigenvalue weighted by Gasteiger charge is 2.05. The fourth-order valence-electron chi connectivity index (χ4n) is 1.97. The minimum Gasteiger partial charge on any atom is -0.545 e. The Hall–Kier alpha value is -3.08. The second-order valence-electron chi connectivity index (χ2n) is 5.56. The number of benzene rings is 2. The van der Waals surface area contributed by atoms with Crippen molar-refractivity contribution in [3.8, 4) is 6.07 Å². The monoisotopic (exact) mass is 382 g/mol. The molecule has 2 aromatic carbocycles. The number of aliphatic carboxylic acids is 2. The van der Waals surface area contributed by atoms with E-state index in [0.29, 0.717) is 17.7 Å². The van der Waals surface area contributed by atoms with Gasteiger partial charge in [0.05, 0.1) is 23.6 Å². The summed E-state index contributed by atoms with van der Waals surface area (Å²) in [5, 5.41) is 27.8. The molecule has 0 spiro atoms. The van der Waals surface area contributed by atoms with E-state index >= 15 is 0 Å². The topological polar surface area (TPSA) is 107 Å². The molecule has 2 rings (SSSR count).